The lowest BCUT2D eigenvalue weighted by atomic mass is 9.87. The molecule has 1 heterocycles. The highest BCUT2D eigenvalue weighted by Gasteiger charge is 2.27. The zero-order chi connectivity index (χ0) is 21.2. The number of carbonyl (C=O) groups is 1. The van der Waals surface area contributed by atoms with Gasteiger partial charge in [-0.1, -0.05) is 76.1 Å². The highest BCUT2D eigenvalue weighted by atomic mass is 32.2. The van der Waals surface area contributed by atoms with E-state index in [1.165, 1.54) is 41.3 Å². The maximum absolute atomic E-state index is 12.9. The number of carbonyl (C=O) groups excluding carboxylic acids is 1. The lowest BCUT2D eigenvalue weighted by Gasteiger charge is -2.32. The summed E-state index contributed by atoms with van der Waals surface area (Å²) < 4.78 is 1.49. The smallest absolute Gasteiger partial charge is 0.235 e. The molecule has 7 heteroatoms. The molecule has 1 amide bonds. The number of hydrogen-bond acceptors (Lipinski definition) is 5. The highest BCUT2D eigenvalue weighted by Crippen LogP contribution is 2.29. The number of amides is 1. The van der Waals surface area contributed by atoms with E-state index < -0.39 is 0 Å². The van der Waals surface area contributed by atoms with Gasteiger partial charge in [0.05, 0.1) is 5.25 Å². The van der Waals surface area contributed by atoms with Crippen molar-refractivity contribution in [2.75, 3.05) is 12.9 Å². The minimum atomic E-state index is -0.260. The van der Waals surface area contributed by atoms with E-state index in [0.29, 0.717) is 17.0 Å². The van der Waals surface area contributed by atoms with Gasteiger partial charge in [-0.25, -0.2) is 4.68 Å². The Kier molecular flexibility index (Phi) is 6.56. The lowest BCUT2D eigenvalue weighted by Crippen LogP contribution is -2.42. The Hall–Kier alpha value is -2.02. The molecule has 2 aromatic rings. The van der Waals surface area contributed by atoms with E-state index in [2.05, 4.69) is 43.1 Å². The molecule has 0 spiro atoms. The standard InChI is InChI=1S/C22H33N5OS/c1-15(20(28)26(5)18-9-7-6-8-10-18)29-21-25-24-19(27(21)23)16-11-13-17(14-12-16)22(2,3)4/h11-15,18H,6-10,23H2,1-5H3. The van der Waals surface area contributed by atoms with E-state index in [-0.39, 0.29) is 16.6 Å². The van der Waals surface area contributed by atoms with Crippen molar-refractivity contribution in [3.8, 4) is 11.4 Å². The summed E-state index contributed by atoms with van der Waals surface area (Å²) in [5, 5.41) is 8.80. The molecule has 0 bridgehead atoms. The van der Waals surface area contributed by atoms with Crippen molar-refractivity contribution < 1.29 is 4.79 Å². The molecule has 29 heavy (non-hydrogen) atoms. The van der Waals surface area contributed by atoms with Crippen molar-refractivity contribution in [1.29, 1.82) is 0 Å². The molecule has 1 unspecified atom stereocenters. The van der Waals surface area contributed by atoms with E-state index in [0.717, 1.165) is 18.4 Å². The lowest BCUT2D eigenvalue weighted by molar-refractivity contribution is -0.131. The van der Waals surface area contributed by atoms with Crippen molar-refractivity contribution >= 4 is 17.7 Å². The van der Waals surface area contributed by atoms with Gasteiger partial charge in [0, 0.05) is 18.7 Å². The quantitative estimate of drug-likeness (QED) is 0.584. The summed E-state index contributed by atoms with van der Waals surface area (Å²) in [7, 11) is 1.92. The Morgan fingerprint density at radius 1 is 1.17 bits per heavy atom. The van der Waals surface area contributed by atoms with Gasteiger partial charge in [0.15, 0.2) is 5.82 Å². The number of nitrogen functional groups attached to an aromatic ring is 1. The van der Waals surface area contributed by atoms with Crippen LogP contribution in [0, 0.1) is 0 Å². The molecule has 3 rings (SSSR count). The number of hydrogen-bond donors (Lipinski definition) is 1. The first-order valence-electron chi connectivity index (χ1n) is 10.4. The van der Waals surface area contributed by atoms with E-state index in [1.807, 2.05) is 31.0 Å². The Balaban J connectivity index is 1.69. The molecule has 1 atom stereocenters. The zero-order valence-corrected chi connectivity index (χ0v) is 19.0. The fourth-order valence-electron chi connectivity index (χ4n) is 3.82. The van der Waals surface area contributed by atoms with Gasteiger partial charge in [-0.2, -0.15) is 0 Å². The van der Waals surface area contributed by atoms with Gasteiger partial charge < -0.3 is 10.7 Å². The van der Waals surface area contributed by atoms with Crippen LogP contribution in [0.5, 0.6) is 0 Å². The van der Waals surface area contributed by atoms with Crippen LogP contribution >= 0.6 is 11.8 Å². The van der Waals surface area contributed by atoms with Crippen molar-refractivity contribution in [3.05, 3.63) is 29.8 Å². The number of thioether (sulfide) groups is 1. The van der Waals surface area contributed by atoms with E-state index in [4.69, 9.17) is 5.84 Å². The monoisotopic (exact) mass is 415 g/mol. The summed E-state index contributed by atoms with van der Waals surface area (Å²) in [6, 6.07) is 8.60. The molecule has 0 radical (unpaired) electrons. The summed E-state index contributed by atoms with van der Waals surface area (Å²) in [6.07, 6.45) is 5.89. The second kappa shape index (κ2) is 8.78. The summed E-state index contributed by atoms with van der Waals surface area (Å²) in [6.45, 7) is 8.47. The molecule has 0 aliphatic heterocycles. The third-order valence-corrected chi connectivity index (χ3v) is 6.82. The molecule has 1 fully saturated rings. The van der Waals surface area contributed by atoms with Crippen molar-refractivity contribution in [2.45, 2.75) is 81.7 Å². The molecule has 6 nitrogen and oxygen atoms in total. The van der Waals surface area contributed by atoms with Gasteiger partial charge in [-0.05, 0) is 30.7 Å². The number of nitrogens with two attached hydrogens (primary N) is 1. The Morgan fingerprint density at radius 3 is 2.38 bits per heavy atom. The zero-order valence-electron chi connectivity index (χ0n) is 18.2. The summed E-state index contributed by atoms with van der Waals surface area (Å²) >= 11 is 1.37. The molecule has 1 saturated carbocycles. The SMILES string of the molecule is CC(Sc1nnc(-c2ccc(C(C)(C)C)cc2)n1N)C(=O)N(C)C1CCCCC1. The molecule has 2 N–H and O–H groups in total. The van der Waals surface area contributed by atoms with Crippen LogP contribution in [-0.4, -0.2) is 44.0 Å². The van der Waals surface area contributed by atoms with E-state index in [9.17, 15) is 4.79 Å². The van der Waals surface area contributed by atoms with Crippen LogP contribution in [0.2, 0.25) is 0 Å². The first-order chi connectivity index (χ1) is 13.7. The topological polar surface area (TPSA) is 77.0 Å². The van der Waals surface area contributed by atoms with Crippen molar-refractivity contribution in [3.63, 3.8) is 0 Å². The van der Waals surface area contributed by atoms with Gasteiger partial charge in [-0.3, -0.25) is 4.79 Å². The summed E-state index contributed by atoms with van der Waals surface area (Å²) in [4.78, 5) is 14.8. The van der Waals surface area contributed by atoms with Crippen LogP contribution in [0.15, 0.2) is 29.4 Å². The van der Waals surface area contributed by atoms with Crippen molar-refractivity contribution in [1.82, 2.24) is 19.8 Å². The van der Waals surface area contributed by atoms with Crippen LogP contribution in [0.4, 0.5) is 0 Å². The van der Waals surface area contributed by atoms with Crippen LogP contribution in [0.25, 0.3) is 11.4 Å². The third kappa shape index (κ3) is 4.94. The van der Waals surface area contributed by atoms with Gasteiger partial charge in [0.2, 0.25) is 11.1 Å². The number of nitrogens with zero attached hydrogens (tertiary/aromatic N) is 4. The second-order valence-corrected chi connectivity index (χ2v) is 10.3. The minimum absolute atomic E-state index is 0.0933. The Bertz CT molecular complexity index is 834. The Labute approximate surface area is 178 Å². The van der Waals surface area contributed by atoms with Gasteiger partial charge in [-0.15, -0.1) is 10.2 Å². The molecule has 1 aromatic heterocycles. The molecule has 1 aromatic carbocycles. The van der Waals surface area contributed by atoms with Gasteiger partial charge >= 0.3 is 0 Å². The molecular weight excluding hydrogens is 382 g/mol. The third-order valence-electron chi connectivity index (χ3n) is 5.77. The maximum atomic E-state index is 12.9. The molecule has 1 aliphatic carbocycles. The van der Waals surface area contributed by atoms with Gasteiger partial charge in [0.25, 0.3) is 0 Å². The normalized spacial score (nSPS) is 16.6. The first-order valence-corrected chi connectivity index (χ1v) is 11.3. The Morgan fingerprint density at radius 2 is 1.79 bits per heavy atom. The predicted molar refractivity (Wildman–Crippen MR) is 119 cm³/mol. The average Bonchev–Trinajstić information content (AvgIpc) is 3.07. The fraction of sp³-hybridized carbons (Fsp3) is 0.591. The van der Waals surface area contributed by atoms with Crippen molar-refractivity contribution in [2.24, 2.45) is 0 Å². The summed E-state index contributed by atoms with van der Waals surface area (Å²) in [5.74, 6) is 7.00. The molecular formula is C22H33N5OS. The average molecular weight is 416 g/mol. The second-order valence-electron chi connectivity index (χ2n) is 9.00. The van der Waals surface area contributed by atoms with Gasteiger partial charge in [0.1, 0.15) is 0 Å². The van der Waals surface area contributed by atoms with E-state index in [1.54, 1.807) is 0 Å². The largest absolute Gasteiger partial charge is 0.342 e. The fourth-order valence-corrected chi connectivity index (χ4v) is 4.69. The molecule has 0 saturated heterocycles. The number of rotatable bonds is 5. The van der Waals surface area contributed by atoms with Crippen LogP contribution < -0.4 is 5.84 Å². The van der Waals surface area contributed by atoms with Crippen LogP contribution in [-0.2, 0) is 10.2 Å². The van der Waals surface area contributed by atoms with Crippen LogP contribution in [0.1, 0.15) is 65.4 Å². The van der Waals surface area contributed by atoms with E-state index >= 15 is 0 Å². The maximum Gasteiger partial charge on any atom is 0.235 e. The molecule has 158 valence electrons. The van der Waals surface area contributed by atoms with Crippen LogP contribution in [0.3, 0.4) is 0 Å². The predicted octanol–water partition coefficient (Wildman–Crippen LogP) is 4.23. The minimum Gasteiger partial charge on any atom is -0.342 e. The first kappa shape index (κ1) is 21.7. The molecule has 1 aliphatic rings. The number of aromatic nitrogens is 3. The summed E-state index contributed by atoms with van der Waals surface area (Å²) in [5.41, 5.74) is 2.26. The number of benzene rings is 1. The highest BCUT2D eigenvalue weighted by molar-refractivity contribution is 8.00.